The summed E-state index contributed by atoms with van der Waals surface area (Å²) in [4.78, 5) is 6.35. The standard InChI is InChI=1S/C17H30N2OS/c1-5-8-14-12-17(9-11-20-14,18-10-6-2)16-19-15(7-3)13(4)21-16/h14,18H,5-12H2,1-4H3. The van der Waals surface area contributed by atoms with Gasteiger partial charge < -0.3 is 10.1 Å². The van der Waals surface area contributed by atoms with Gasteiger partial charge in [0.2, 0.25) is 0 Å². The molecule has 3 nitrogen and oxygen atoms in total. The van der Waals surface area contributed by atoms with Crippen LogP contribution < -0.4 is 5.32 Å². The van der Waals surface area contributed by atoms with Gasteiger partial charge in [0.25, 0.3) is 0 Å². The first kappa shape index (κ1) is 16.9. The summed E-state index contributed by atoms with van der Waals surface area (Å²) in [5.41, 5.74) is 1.31. The van der Waals surface area contributed by atoms with Crippen LogP contribution in [0.2, 0.25) is 0 Å². The van der Waals surface area contributed by atoms with Gasteiger partial charge in [0.15, 0.2) is 0 Å². The fourth-order valence-electron chi connectivity index (χ4n) is 3.21. The Morgan fingerprint density at radius 3 is 2.76 bits per heavy atom. The highest BCUT2D eigenvalue weighted by Gasteiger charge is 2.40. The van der Waals surface area contributed by atoms with Crippen LogP contribution in [-0.4, -0.2) is 24.2 Å². The number of hydrogen-bond donors (Lipinski definition) is 1. The third-order valence-electron chi connectivity index (χ3n) is 4.42. The van der Waals surface area contributed by atoms with Gasteiger partial charge in [0.1, 0.15) is 5.01 Å². The summed E-state index contributed by atoms with van der Waals surface area (Å²) in [5.74, 6) is 0. The van der Waals surface area contributed by atoms with Crippen molar-refractivity contribution in [3.8, 4) is 0 Å². The Bertz CT molecular complexity index is 444. The predicted octanol–water partition coefficient (Wildman–Crippen LogP) is 4.19. The molecule has 2 rings (SSSR count). The molecule has 0 spiro atoms. The van der Waals surface area contributed by atoms with Crippen LogP contribution in [0.1, 0.15) is 68.5 Å². The van der Waals surface area contributed by atoms with Crippen LogP contribution in [-0.2, 0) is 16.7 Å². The van der Waals surface area contributed by atoms with Gasteiger partial charge in [-0.2, -0.15) is 0 Å². The van der Waals surface area contributed by atoms with E-state index in [2.05, 4.69) is 33.0 Å². The Kier molecular flexibility index (Phi) is 6.20. The van der Waals surface area contributed by atoms with Crippen molar-refractivity contribution in [2.45, 2.75) is 77.9 Å². The number of aryl methyl sites for hydroxylation is 2. The summed E-state index contributed by atoms with van der Waals surface area (Å²) in [5, 5.41) is 5.11. The lowest BCUT2D eigenvalue weighted by Crippen LogP contribution is -2.49. The van der Waals surface area contributed by atoms with E-state index in [4.69, 9.17) is 9.72 Å². The van der Waals surface area contributed by atoms with Crippen molar-refractivity contribution in [3.05, 3.63) is 15.6 Å². The molecule has 0 bridgehead atoms. The fraction of sp³-hybridized carbons (Fsp3) is 0.824. The maximum absolute atomic E-state index is 5.98. The van der Waals surface area contributed by atoms with E-state index in [1.54, 1.807) is 0 Å². The monoisotopic (exact) mass is 310 g/mol. The zero-order valence-corrected chi connectivity index (χ0v) is 14.8. The first-order valence-corrected chi connectivity index (χ1v) is 9.30. The molecule has 2 heterocycles. The highest BCUT2D eigenvalue weighted by Crippen LogP contribution is 2.39. The predicted molar refractivity (Wildman–Crippen MR) is 90.1 cm³/mol. The number of aromatic nitrogens is 1. The minimum absolute atomic E-state index is 0.0386. The molecule has 1 aliphatic heterocycles. The summed E-state index contributed by atoms with van der Waals surface area (Å²) >= 11 is 1.89. The van der Waals surface area contributed by atoms with Gasteiger partial charge in [-0.05, 0) is 45.6 Å². The smallest absolute Gasteiger partial charge is 0.113 e. The third-order valence-corrected chi connectivity index (χ3v) is 5.64. The first-order chi connectivity index (χ1) is 10.1. The van der Waals surface area contributed by atoms with Crippen LogP contribution in [0.3, 0.4) is 0 Å². The SMILES string of the molecule is CCCNC1(c2nc(CC)c(C)s2)CCOC(CCC)C1. The Morgan fingerprint density at radius 2 is 2.14 bits per heavy atom. The van der Waals surface area contributed by atoms with Gasteiger partial charge in [-0.25, -0.2) is 4.98 Å². The van der Waals surface area contributed by atoms with Crippen molar-refractivity contribution < 1.29 is 4.74 Å². The molecule has 1 saturated heterocycles. The Labute approximate surface area is 133 Å². The minimum Gasteiger partial charge on any atom is -0.378 e. The average Bonchev–Trinajstić information content (AvgIpc) is 2.87. The number of rotatable bonds is 7. The zero-order valence-electron chi connectivity index (χ0n) is 14.0. The van der Waals surface area contributed by atoms with Crippen LogP contribution in [0.25, 0.3) is 0 Å². The van der Waals surface area contributed by atoms with Crippen LogP contribution >= 0.6 is 11.3 Å². The van der Waals surface area contributed by atoms with E-state index in [0.29, 0.717) is 6.10 Å². The molecule has 1 fully saturated rings. The van der Waals surface area contributed by atoms with Gasteiger partial charge in [0.05, 0.1) is 17.3 Å². The number of hydrogen-bond acceptors (Lipinski definition) is 4. The molecule has 0 aliphatic carbocycles. The van der Waals surface area contributed by atoms with E-state index in [1.807, 2.05) is 11.3 Å². The topological polar surface area (TPSA) is 34.2 Å². The van der Waals surface area contributed by atoms with Crippen LogP contribution in [0.5, 0.6) is 0 Å². The molecule has 1 aliphatic rings. The second-order valence-corrected chi connectivity index (χ2v) is 7.32. The molecule has 21 heavy (non-hydrogen) atoms. The van der Waals surface area contributed by atoms with E-state index in [9.17, 15) is 0 Å². The fourth-order valence-corrected chi connectivity index (χ4v) is 4.42. The molecule has 0 aromatic carbocycles. The zero-order chi connectivity index (χ0) is 15.3. The van der Waals surface area contributed by atoms with Crippen molar-refractivity contribution in [1.29, 1.82) is 0 Å². The van der Waals surface area contributed by atoms with Crippen LogP contribution in [0, 0.1) is 6.92 Å². The lowest BCUT2D eigenvalue weighted by Gasteiger charge is -2.40. The normalized spacial score (nSPS) is 26.2. The Hall–Kier alpha value is -0.450. The molecule has 2 atom stereocenters. The number of thiazole rings is 1. The van der Waals surface area contributed by atoms with Crippen molar-refractivity contribution >= 4 is 11.3 Å². The molecule has 0 radical (unpaired) electrons. The second-order valence-electron chi connectivity index (χ2n) is 6.12. The molecule has 0 saturated carbocycles. The van der Waals surface area contributed by atoms with Crippen LogP contribution in [0.15, 0.2) is 0 Å². The van der Waals surface area contributed by atoms with E-state index in [-0.39, 0.29) is 5.54 Å². The van der Waals surface area contributed by atoms with Gasteiger partial charge in [-0.1, -0.05) is 27.2 Å². The molecule has 1 aromatic heterocycles. The molecule has 0 amide bonds. The summed E-state index contributed by atoms with van der Waals surface area (Å²) in [6.45, 7) is 10.8. The third kappa shape index (κ3) is 3.85. The largest absolute Gasteiger partial charge is 0.378 e. The highest BCUT2D eigenvalue weighted by atomic mass is 32.1. The number of ether oxygens (including phenoxy) is 1. The first-order valence-electron chi connectivity index (χ1n) is 8.48. The maximum atomic E-state index is 5.98. The summed E-state index contributed by atoms with van der Waals surface area (Å²) in [6.07, 6.45) is 7.02. The molecular weight excluding hydrogens is 280 g/mol. The summed E-state index contributed by atoms with van der Waals surface area (Å²) in [7, 11) is 0. The minimum atomic E-state index is 0.0386. The van der Waals surface area contributed by atoms with Gasteiger partial charge in [-0.3, -0.25) is 0 Å². The lowest BCUT2D eigenvalue weighted by molar-refractivity contribution is -0.0349. The molecular formula is C17H30N2OS. The average molecular weight is 311 g/mol. The van der Waals surface area contributed by atoms with Crippen LogP contribution in [0.4, 0.5) is 0 Å². The molecule has 2 unspecified atom stereocenters. The van der Waals surface area contributed by atoms with Crippen molar-refractivity contribution in [2.75, 3.05) is 13.2 Å². The number of nitrogens with zero attached hydrogens (tertiary/aromatic N) is 1. The van der Waals surface area contributed by atoms with E-state index in [0.717, 1.165) is 45.3 Å². The highest BCUT2D eigenvalue weighted by molar-refractivity contribution is 7.11. The molecule has 1 N–H and O–H groups in total. The maximum Gasteiger partial charge on any atom is 0.113 e. The van der Waals surface area contributed by atoms with Crippen molar-refractivity contribution in [2.24, 2.45) is 0 Å². The molecule has 1 aromatic rings. The molecule has 4 heteroatoms. The van der Waals surface area contributed by atoms with Gasteiger partial charge in [-0.15, -0.1) is 11.3 Å². The van der Waals surface area contributed by atoms with E-state index in [1.165, 1.54) is 22.0 Å². The quantitative estimate of drug-likeness (QED) is 0.820. The van der Waals surface area contributed by atoms with Crippen molar-refractivity contribution in [1.82, 2.24) is 10.3 Å². The van der Waals surface area contributed by atoms with Gasteiger partial charge >= 0.3 is 0 Å². The summed E-state index contributed by atoms with van der Waals surface area (Å²) in [6, 6.07) is 0. The summed E-state index contributed by atoms with van der Waals surface area (Å²) < 4.78 is 5.98. The Morgan fingerprint density at radius 1 is 1.33 bits per heavy atom. The van der Waals surface area contributed by atoms with Gasteiger partial charge in [0, 0.05) is 11.5 Å². The van der Waals surface area contributed by atoms with Crippen molar-refractivity contribution in [3.63, 3.8) is 0 Å². The van der Waals surface area contributed by atoms with E-state index < -0.39 is 0 Å². The molecule has 120 valence electrons. The lowest BCUT2D eigenvalue weighted by atomic mass is 9.85. The van der Waals surface area contributed by atoms with E-state index >= 15 is 0 Å². The Balaban J connectivity index is 2.26. The number of nitrogens with one attached hydrogen (secondary N) is 1. The second kappa shape index (κ2) is 7.70.